The van der Waals surface area contributed by atoms with Gasteiger partial charge in [0.15, 0.2) is 5.60 Å². The van der Waals surface area contributed by atoms with Crippen LogP contribution >= 0.6 is 34.8 Å². The third-order valence-corrected chi connectivity index (χ3v) is 5.89. The average Bonchev–Trinajstić information content (AvgIpc) is 2.72. The van der Waals surface area contributed by atoms with Gasteiger partial charge in [-0.1, -0.05) is 53.0 Å². The maximum atomic E-state index is 13.1. The van der Waals surface area contributed by atoms with Gasteiger partial charge in [0.25, 0.3) is 5.91 Å². The minimum absolute atomic E-state index is 0.00485. The number of carbonyl (C=O) groups is 1. The highest BCUT2D eigenvalue weighted by molar-refractivity contribution is 6.34. The highest BCUT2D eigenvalue weighted by atomic mass is 35.5. The van der Waals surface area contributed by atoms with Crippen LogP contribution in [-0.2, 0) is 11.2 Å². The van der Waals surface area contributed by atoms with Crippen molar-refractivity contribution in [2.75, 3.05) is 0 Å². The van der Waals surface area contributed by atoms with Crippen molar-refractivity contribution in [3.05, 3.63) is 93.2 Å². The van der Waals surface area contributed by atoms with Gasteiger partial charge in [-0.05, 0) is 74.7 Å². The van der Waals surface area contributed by atoms with Gasteiger partial charge in [0.05, 0.1) is 0 Å². The summed E-state index contributed by atoms with van der Waals surface area (Å²) in [7, 11) is 0. The second-order valence-corrected chi connectivity index (χ2v) is 9.51. The quantitative estimate of drug-likeness (QED) is 0.380. The fourth-order valence-electron chi connectivity index (χ4n) is 3.46. The molecule has 0 saturated carbocycles. The first kappa shape index (κ1) is 24.4. The van der Waals surface area contributed by atoms with Crippen molar-refractivity contribution in [3.63, 3.8) is 0 Å². The number of nitrogens with zero attached hydrogens (tertiary/aromatic N) is 1. The summed E-state index contributed by atoms with van der Waals surface area (Å²) in [6.07, 6.45) is 4.29. The van der Waals surface area contributed by atoms with Crippen LogP contribution in [0, 0.1) is 0 Å². The molecule has 32 heavy (non-hydrogen) atoms. The molecule has 0 aliphatic rings. The number of pyridine rings is 1. The third-order valence-electron chi connectivity index (χ3n) is 5.20. The molecule has 1 aromatic heterocycles. The minimum Gasteiger partial charge on any atom is -0.478 e. The summed E-state index contributed by atoms with van der Waals surface area (Å²) < 4.78 is 5.94. The normalized spacial score (nSPS) is 13.3. The summed E-state index contributed by atoms with van der Waals surface area (Å²) in [6, 6.07) is 16.3. The Hall–Kier alpha value is -2.27. The van der Waals surface area contributed by atoms with Gasteiger partial charge in [-0.3, -0.25) is 9.78 Å². The predicted molar refractivity (Wildman–Crippen MR) is 131 cm³/mol. The number of hydrogen-bond acceptors (Lipinski definition) is 3. The van der Waals surface area contributed by atoms with Gasteiger partial charge in [-0.15, -0.1) is 0 Å². The topological polar surface area (TPSA) is 51.2 Å². The van der Waals surface area contributed by atoms with Crippen molar-refractivity contribution in [1.82, 2.24) is 10.3 Å². The molecule has 3 rings (SSSR count). The van der Waals surface area contributed by atoms with E-state index >= 15 is 0 Å². The maximum absolute atomic E-state index is 13.1. The molecule has 0 aliphatic carbocycles. The summed E-state index contributed by atoms with van der Waals surface area (Å²) in [5.41, 5.74) is 1.02. The zero-order chi connectivity index (χ0) is 23.3. The van der Waals surface area contributed by atoms with E-state index in [4.69, 9.17) is 39.5 Å². The van der Waals surface area contributed by atoms with Gasteiger partial charge in [-0.2, -0.15) is 0 Å². The first-order valence-corrected chi connectivity index (χ1v) is 11.4. The van der Waals surface area contributed by atoms with Gasteiger partial charge >= 0.3 is 0 Å². The maximum Gasteiger partial charge on any atom is 0.263 e. The van der Waals surface area contributed by atoms with E-state index in [0.29, 0.717) is 20.8 Å². The number of nitrogens with one attached hydrogen (secondary N) is 1. The standard InChI is InChI=1S/C25H25Cl3N2O2/c1-16(30-24(31)25(2,3)32-22-13-20(27)12-21(28)14-22)23(18-5-4-10-29-15-18)11-17-6-8-19(26)9-7-17/h4-10,12-16,23H,11H2,1-3H3,(H,30,31). The Morgan fingerprint density at radius 1 is 1.03 bits per heavy atom. The molecule has 0 radical (unpaired) electrons. The van der Waals surface area contributed by atoms with E-state index in [0.717, 1.165) is 17.5 Å². The van der Waals surface area contributed by atoms with E-state index in [9.17, 15) is 4.79 Å². The molecule has 7 heteroatoms. The Bertz CT molecular complexity index is 1040. The first-order chi connectivity index (χ1) is 15.1. The summed E-state index contributed by atoms with van der Waals surface area (Å²) >= 11 is 18.2. The van der Waals surface area contributed by atoms with E-state index < -0.39 is 5.60 Å². The van der Waals surface area contributed by atoms with Crippen LogP contribution in [0.2, 0.25) is 15.1 Å². The fraction of sp³-hybridized carbons (Fsp3) is 0.280. The van der Waals surface area contributed by atoms with E-state index in [1.807, 2.05) is 49.5 Å². The number of carbonyl (C=O) groups excluding carboxylic acids is 1. The molecule has 1 N–H and O–H groups in total. The second-order valence-electron chi connectivity index (χ2n) is 8.20. The van der Waals surface area contributed by atoms with Crippen molar-refractivity contribution >= 4 is 40.7 Å². The number of aromatic nitrogens is 1. The SMILES string of the molecule is CC(NC(=O)C(C)(C)Oc1cc(Cl)cc(Cl)c1)C(Cc1ccc(Cl)cc1)c1cccnc1. The number of benzene rings is 2. The molecular formula is C25H25Cl3N2O2. The second kappa shape index (κ2) is 10.6. The molecule has 0 bridgehead atoms. The molecule has 0 aliphatic heterocycles. The Morgan fingerprint density at radius 3 is 2.28 bits per heavy atom. The van der Waals surface area contributed by atoms with Crippen molar-refractivity contribution < 1.29 is 9.53 Å². The number of amides is 1. The van der Waals surface area contributed by atoms with E-state index in [2.05, 4.69) is 10.3 Å². The van der Waals surface area contributed by atoms with Crippen molar-refractivity contribution in [1.29, 1.82) is 0 Å². The molecule has 3 aromatic rings. The molecule has 168 valence electrons. The van der Waals surface area contributed by atoms with Crippen LogP contribution in [0.5, 0.6) is 5.75 Å². The van der Waals surface area contributed by atoms with E-state index in [1.165, 1.54) is 0 Å². The predicted octanol–water partition coefficient (Wildman–Crippen LogP) is 6.73. The van der Waals surface area contributed by atoms with Crippen LogP contribution < -0.4 is 10.1 Å². The number of ether oxygens (including phenoxy) is 1. The van der Waals surface area contributed by atoms with Crippen LogP contribution in [0.1, 0.15) is 37.8 Å². The number of halogens is 3. The Labute approximate surface area is 203 Å². The monoisotopic (exact) mass is 490 g/mol. The van der Waals surface area contributed by atoms with Crippen molar-refractivity contribution in [2.45, 2.75) is 44.8 Å². The van der Waals surface area contributed by atoms with Crippen LogP contribution in [0.25, 0.3) is 0 Å². The fourth-order valence-corrected chi connectivity index (χ4v) is 4.09. The molecule has 2 unspecified atom stereocenters. The zero-order valence-corrected chi connectivity index (χ0v) is 20.4. The molecular weight excluding hydrogens is 467 g/mol. The zero-order valence-electron chi connectivity index (χ0n) is 18.1. The lowest BCUT2D eigenvalue weighted by Crippen LogP contribution is -2.51. The first-order valence-electron chi connectivity index (χ1n) is 10.2. The lowest BCUT2D eigenvalue weighted by atomic mass is 9.87. The minimum atomic E-state index is -1.14. The van der Waals surface area contributed by atoms with E-state index in [-0.39, 0.29) is 17.9 Å². The van der Waals surface area contributed by atoms with Crippen LogP contribution in [0.4, 0.5) is 0 Å². The smallest absolute Gasteiger partial charge is 0.263 e. The van der Waals surface area contributed by atoms with Crippen molar-refractivity contribution in [2.24, 2.45) is 0 Å². The summed E-state index contributed by atoms with van der Waals surface area (Å²) in [5.74, 6) is 0.191. The summed E-state index contributed by atoms with van der Waals surface area (Å²) in [5, 5.41) is 4.69. The molecule has 0 spiro atoms. The van der Waals surface area contributed by atoms with Crippen LogP contribution in [-0.4, -0.2) is 22.5 Å². The lowest BCUT2D eigenvalue weighted by molar-refractivity contribution is -0.135. The molecule has 0 saturated heterocycles. The number of rotatable bonds is 8. The Balaban J connectivity index is 1.77. The highest BCUT2D eigenvalue weighted by Crippen LogP contribution is 2.29. The van der Waals surface area contributed by atoms with E-state index in [1.54, 1.807) is 38.2 Å². The van der Waals surface area contributed by atoms with Crippen molar-refractivity contribution in [3.8, 4) is 5.75 Å². The Morgan fingerprint density at radius 2 is 1.69 bits per heavy atom. The van der Waals surface area contributed by atoms with Crippen LogP contribution in [0.15, 0.2) is 67.0 Å². The molecule has 1 heterocycles. The van der Waals surface area contributed by atoms with Gasteiger partial charge in [-0.25, -0.2) is 0 Å². The lowest BCUT2D eigenvalue weighted by Gasteiger charge is -2.31. The molecule has 2 atom stereocenters. The third kappa shape index (κ3) is 6.61. The molecule has 2 aromatic carbocycles. The number of hydrogen-bond donors (Lipinski definition) is 1. The van der Waals surface area contributed by atoms with Gasteiger partial charge in [0.1, 0.15) is 5.75 Å². The summed E-state index contributed by atoms with van der Waals surface area (Å²) in [4.78, 5) is 17.4. The molecule has 1 amide bonds. The van der Waals surface area contributed by atoms with Gasteiger partial charge in [0.2, 0.25) is 0 Å². The summed E-state index contributed by atoms with van der Waals surface area (Å²) in [6.45, 7) is 5.40. The Kier molecular flexibility index (Phi) is 8.05. The molecule has 4 nitrogen and oxygen atoms in total. The highest BCUT2D eigenvalue weighted by Gasteiger charge is 2.33. The average molecular weight is 492 g/mol. The molecule has 0 fully saturated rings. The van der Waals surface area contributed by atoms with Crippen LogP contribution in [0.3, 0.4) is 0 Å². The van der Waals surface area contributed by atoms with Gasteiger partial charge in [0, 0.05) is 39.4 Å². The van der Waals surface area contributed by atoms with Gasteiger partial charge < -0.3 is 10.1 Å². The largest absolute Gasteiger partial charge is 0.478 e.